The maximum absolute atomic E-state index is 12.6. The molecule has 3 aliphatic heterocycles. The maximum Gasteiger partial charge on any atom is 0.573 e. The lowest BCUT2D eigenvalue weighted by molar-refractivity contribution is -0.275. The lowest BCUT2D eigenvalue weighted by Crippen LogP contribution is -2.52. The van der Waals surface area contributed by atoms with Crippen LogP contribution in [0.15, 0.2) is 140 Å². The topological polar surface area (TPSA) is 198 Å². The number of ether oxygens (including phenoxy) is 6. The number of hydrogen-bond acceptors (Lipinski definition) is 15. The molecule has 0 unspecified atom stereocenters. The standard InChI is InChI=1S/C28H40N4O3.2C27H35F3N4O3/c1-20(2)35-27-8-6-5-7-25(27)32-17-15-31(16-18-32)23-12-10-22(11-13-23)29-28(33)30-24-19-21(3)9-14-26(24)34-4;2*1-19(2)36-25-6-4-3-5-24(25)34-17-15-33(16-18-34)22-11-7-20(8-12-22)31-26(35)32-21-9-13-23(14-10-21)37-27(28,29)30/h5-9,14,19-20,22-23H,10-13,15-18H2,1-4H3,(H2,29,30,33);2*3-6,9-10,13-14,19-20,22H,7-8,11-12,15-18H2,1-2H3,(H2,31,32,35). The molecule has 3 saturated heterocycles. The van der Waals surface area contributed by atoms with Gasteiger partial charge in [0.15, 0.2) is 0 Å². The fourth-order valence-corrected chi connectivity index (χ4v) is 15.4. The Morgan fingerprint density at radius 2 is 0.670 bits per heavy atom. The second-order valence-corrected chi connectivity index (χ2v) is 29.6. The van der Waals surface area contributed by atoms with E-state index in [1.807, 2.05) is 83.1 Å². The van der Waals surface area contributed by atoms with E-state index < -0.39 is 12.7 Å². The lowest BCUT2D eigenvalue weighted by atomic mass is 9.90. The zero-order chi connectivity index (χ0) is 77.6. The van der Waals surface area contributed by atoms with Crippen molar-refractivity contribution in [3.8, 4) is 34.5 Å². The van der Waals surface area contributed by atoms with Gasteiger partial charge < -0.3 is 75.0 Å². The normalized spacial score (nSPS) is 21.0. The van der Waals surface area contributed by atoms with E-state index >= 15 is 0 Å². The minimum atomic E-state index is -4.74. The molecule has 0 aromatic heterocycles. The maximum atomic E-state index is 12.6. The van der Waals surface area contributed by atoms with E-state index in [9.17, 15) is 40.7 Å². The van der Waals surface area contributed by atoms with Crippen molar-refractivity contribution in [2.24, 2.45) is 0 Å². The summed E-state index contributed by atoms with van der Waals surface area (Å²) in [5, 5.41) is 17.5. The van der Waals surface area contributed by atoms with E-state index in [2.05, 4.69) is 127 Å². The highest BCUT2D eigenvalue weighted by Crippen LogP contribution is 2.37. The number of rotatable bonds is 21. The molecule has 109 heavy (non-hydrogen) atoms. The van der Waals surface area contributed by atoms with E-state index in [0.29, 0.717) is 40.9 Å². The van der Waals surface area contributed by atoms with Crippen LogP contribution < -0.4 is 75.0 Å². The van der Waals surface area contributed by atoms with Gasteiger partial charge in [-0.1, -0.05) is 42.5 Å². The van der Waals surface area contributed by atoms with Gasteiger partial charge in [-0.25, -0.2) is 14.4 Å². The van der Waals surface area contributed by atoms with Gasteiger partial charge in [0.2, 0.25) is 0 Å². The molecule has 0 atom stereocenters. The zero-order valence-electron chi connectivity index (χ0n) is 64.1. The molecule has 6 aromatic carbocycles. The van der Waals surface area contributed by atoms with Crippen molar-refractivity contribution < 1.29 is 69.1 Å². The molecule has 594 valence electrons. The number of para-hydroxylation sites is 6. The Kier molecular flexibility index (Phi) is 29.8. The van der Waals surface area contributed by atoms with Crippen LogP contribution in [0.25, 0.3) is 0 Å². The molecule has 6 aromatic rings. The summed E-state index contributed by atoms with van der Waals surface area (Å²) >= 11 is 0. The predicted molar refractivity (Wildman–Crippen MR) is 417 cm³/mol. The molecule has 3 heterocycles. The highest BCUT2D eigenvalue weighted by atomic mass is 19.4. The third kappa shape index (κ3) is 26.0. The average molecular weight is 1520 g/mol. The van der Waals surface area contributed by atoms with Crippen LogP contribution in [0.5, 0.6) is 34.5 Å². The second kappa shape index (κ2) is 39.4. The summed E-state index contributed by atoms with van der Waals surface area (Å²) in [6, 6.07) is 41.9. The van der Waals surface area contributed by atoms with Gasteiger partial charge in [-0.05, 0) is 228 Å². The number of carbonyl (C=O) groups is 3. The van der Waals surface area contributed by atoms with Gasteiger partial charge in [0, 0.05) is 126 Å². The largest absolute Gasteiger partial charge is 0.573 e. The van der Waals surface area contributed by atoms with Crippen molar-refractivity contribution in [2.45, 2.75) is 193 Å². The van der Waals surface area contributed by atoms with E-state index in [4.69, 9.17) is 18.9 Å². The van der Waals surface area contributed by atoms with Crippen molar-refractivity contribution in [2.75, 3.05) is 116 Å². The summed E-state index contributed by atoms with van der Waals surface area (Å²) in [4.78, 5) is 52.4. The highest BCUT2D eigenvalue weighted by molar-refractivity contribution is 5.92. The Hall–Kier alpha value is -9.21. The van der Waals surface area contributed by atoms with Gasteiger partial charge >= 0.3 is 30.8 Å². The molecule has 3 saturated carbocycles. The molecule has 0 bridgehead atoms. The molecule has 21 nitrogen and oxygen atoms in total. The zero-order valence-corrected chi connectivity index (χ0v) is 64.1. The molecule has 6 amide bonds. The Balaban J connectivity index is 0.000000174. The first-order chi connectivity index (χ1) is 52.2. The van der Waals surface area contributed by atoms with Crippen molar-refractivity contribution in [1.82, 2.24) is 30.7 Å². The van der Waals surface area contributed by atoms with Crippen LogP contribution >= 0.6 is 0 Å². The number of hydrogen-bond donors (Lipinski definition) is 6. The summed E-state index contributed by atoms with van der Waals surface area (Å²) in [7, 11) is 1.62. The van der Waals surface area contributed by atoms with Crippen molar-refractivity contribution >= 4 is 52.2 Å². The number of amides is 6. The number of carbonyl (C=O) groups excluding carboxylic acids is 3. The number of benzene rings is 6. The molecule has 3 aliphatic carbocycles. The number of anilines is 6. The molecule has 0 spiro atoms. The Labute approximate surface area is 637 Å². The molecule has 27 heteroatoms. The number of alkyl halides is 6. The van der Waals surface area contributed by atoms with Crippen LogP contribution in [0.2, 0.25) is 0 Å². The number of methoxy groups -OCH3 is 1. The van der Waals surface area contributed by atoms with Crippen LogP contribution in [-0.2, 0) is 0 Å². The number of urea groups is 3. The predicted octanol–water partition coefficient (Wildman–Crippen LogP) is 16.3. The van der Waals surface area contributed by atoms with Gasteiger partial charge in [-0.3, -0.25) is 14.7 Å². The van der Waals surface area contributed by atoms with Gasteiger partial charge in [0.25, 0.3) is 0 Å². The second-order valence-electron chi connectivity index (χ2n) is 29.6. The number of nitrogens with zero attached hydrogens (tertiary/aromatic N) is 6. The van der Waals surface area contributed by atoms with Gasteiger partial charge in [0.1, 0.15) is 34.5 Å². The molecule has 6 aliphatic rings. The smallest absolute Gasteiger partial charge is 0.495 e. The van der Waals surface area contributed by atoms with Crippen LogP contribution in [0.3, 0.4) is 0 Å². The van der Waals surface area contributed by atoms with Crippen molar-refractivity contribution in [3.63, 3.8) is 0 Å². The SMILES string of the molecule is CC(C)Oc1ccccc1N1CCN(C2CCC(NC(=O)Nc3ccc(OC(F)(F)F)cc3)CC2)CC1.CC(C)Oc1ccccc1N1CCN(C2CCC(NC(=O)Nc3ccc(OC(F)(F)F)cc3)CC2)CC1.COc1ccc(C)cc1NC(=O)NC1CCC(N2CCN(c3ccccc3OC(C)C)CC2)CC1. The summed E-state index contributed by atoms with van der Waals surface area (Å²) in [6.07, 6.45) is 2.82. The quantitative estimate of drug-likeness (QED) is 0.0372. The molecule has 0 radical (unpaired) electrons. The number of aryl methyl sites for hydroxylation is 1. The molecule has 6 fully saturated rings. The number of piperazine rings is 3. The molecular formula is C82H110F6N12O9. The van der Waals surface area contributed by atoms with E-state index in [-0.39, 0.29) is 66.0 Å². The Bertz CT molecular complexity index is 3630. The van der Waals surface area contributed by atoms with Gasteiger partial charge in [0.05, 0.1) is 48.2 Å². The Morgan fingerprint density at radius 3 is 0.954 bits per heavy atom. The van der Waals surface area contributed by atoms with Gasteiger partial charge in [-0.15, -0.1) is 26.3 Å². The first kappa shape index (κ1) is 82.3. The summed E-state index contributed by atoms with van der Waals surface area (Å²) in [5.74, 6) is 2.86. The van der Waals surface area contributed by atoms with Crippen LogP contribution in [0, 0.1) is 6.92 Å². The third-order valence-electron chi connectivity index (χ3n) is 20.6. The minimum Gasteiger partial charge on any atom is -0.495 e. The van der Waals surface area contributed by atoms with Crippen LogP contribution in [-0.4, -0.2) is 186 Å². The van der Waals surface area contributed by atoms with Crippen LogP contribution in [0.4, 0.5) is 74.9 Å². The molecule has 6 N–H and O–H groups in total. The summed E-state index contributed by atoms with van der Waals surface area (Å²) in [6.45, 7) is 26.2. The monoisotopic (exact) mass is 1520 g/mol. The number of halogens is 6. The van der Waals surface area contributed by atoms with Crippen molar-refractivity contribution in [3.05, 3.63) is 145 Å². The molecular weight excluding hydrogens is 1410 g/mol. The van der Waals surface area contributed by atoms with Crippen LogP contribution in [0.1, 0.15) is 124 Å². The average Bonchev–Trinajstić information content (AvgIpc) is 0.828. The van der Waals surface area contributed by atoms with E-state index in [0.717, 1.165) is 190 Å². The molecule has 12 rings (SSSR count). The summed E-state index contributed by atoms with van der Waals surface area (Å²) < 4.78 is 105. The van der Waals surface area contributed by atoms with E-state index in [1.165, 1.54) is 54.2 Å². The fraction of sp³-hybridized carbons (Fsp3) is 0.524. The van der Waals surface area contributed by atoms with E-state index in [1.54, 1.807) is 7.11 Å². The first-order valence-electron chi connectivity index (χ1n) is 38.6. The third-order valence-corrected chi connectivity index (χ3v) is 20.6. The van der Waals surface area contributed by atoms with Gasteiger partial charge in [-0.2, -0.15) is 0 Å². The summed E-state index contributed by atoms with van der Waals surface area (Å²) in [5.41, 5.74) is 6.09. The lowest BCUT2D eigenvalue weighted by Gasteiger charge is -2.43. The highest BCUT2D eigenvalue weighted by Gasteiger charge is 2.36. The number of nitrogens with one attached hydrogen (secondary N) is 6. The fourth-order valence-electron chi connectivity index (χ4n) is 15.4. The Morgan fingerprint density at radius 1 is 0.376 bits per heavy atom. The minimum absolute atomic E-state index is 0.0745. The van der Waals surface area contributed by atoms with Crippen molar-refractivity contribution in [1.29, 1.82) is 0 Å². The first-order valence-corrected chi connectivity index (χ1v) is 38.6.